The molecule has 23 heavy (non-hydrogen) atoms. The van der Waals surface area contributed by atoms with E-state index >= 15 is 0 Å². The highest BCUT2D eigenvalue weighted by Gasteiger charge is 2.19. The van der Waals surface area contributed by atoms with E-state index in [0.29, 0.717) is 5.75 Å². The minimum atomic E-state index is -1.60. The van der Waals surface area contributed by atoms with E-state index in [1.807, 2.05) is 0 Å². The van der Waals surface area contributed by atoms with E-state index in [1.165, 1.54) is 19.2 Å². The molecule has 7 heteroatoms. The largest absolute Gasteiger partial charge is 0.497 e. The first-order valence-electron chi connectivity index (χ1n) is 6.66. The van der Waals surface area contributed by atoms with Crippen molar-refractivity contribution in [3.05, 3.63) is 65.0 Å². The normalized spacial score (nSPS) is 11.9. The summed E-state index contributed by atoms with van der Waals surface area (Å²) < 4.78 is 44.4. The second-order valence-electron chi connectivity index (χ2n) is 4.74. The number of halogens is 3. The molecule has 0 saturated heterocycles. The van der Waals surface area contributed by atoms with Crippen LogP contribution in [0.3, 0.4) is 0 Å². The van der Waals surface area contributed by atoms with E-state index in [4.69, 9.17) is 4.74 Å². The van der Waals surface area contributed by atoms with Crippen LogP contribution in [-0.2, 0) is 0 Å². The average molecular weight is 325 g/mol. The minimum Gasteiger partial charge on any atom is -0.497 e. The van der Waals surface area contributed by atoms with Crippen molar-refractivity contribution in [3.8, 4) is 5.75 Å². The molecule has 4 nitrogen and oxygen atoms in total. The molecule has 2 aromatic carbocycles. The number of hydrogen-bond donors (Lipinski definition) is 2. The van der Waals surface area contributed by atoms with Crippen LogP contribution < -0.4 is 10.1 Å². The zero-order valence-electron chi connectivity index (χ0n) is 12.1. The molecule has 0 bridgehead atoms. The molecule has 0 heterocycles. The van der Waals surface area contributed by atoms with Crippen LogP contribution in [0.1, 0.15) is 22.0 Å². The number of methoxy groups -OCH3 is 1. The molecule has 0 aliphatic carbocycles. The summed E-state index contributed by atoms with van der Waals surface area (Å²) in [6, 6.07) is 6.51. The summed E-state index contributed by atoms with van der Waals surface area (Å²) in [4.78, 5) is 12.1. The van der Waals surface area contributed by atoms with E-state index in [0.717, 1.165) is 12.1 Å². The van der Waals surface area contributed by atoms with Crippen molar-refractivity contribution < 1.29 is 27.8 Å². The van der Waals surface area contributed by atoms with Gasteiger partial charge in [-0.2, -0.15) is 0 Å². The van der Waals surface area contributed by atoms with Crippen LogP contribution >= 0.6 is 0 Å². The molecular formula is C16H14F3NO3. The number of ether oxygens (including phenoxy) is 1. The number of aliphatic hydroxyl groups is 1. The molecule has 0 saturated carbocycles. The second kappa shape index (κ2) is 7.15. The minimum absolute atomic E-state index is 0.0780. The van der Waals surface area contributed by atoms with Crippen LogP contribution in [0, 0.1) is 17.5 Å². The van der Waals surface area contributed by atoms with Gasteiger partial charge >= 0.3 is 0 Å². The average Bonchev–Trinajstić information content (AvgIpc) is 2.57. The summed E-state index contributed by atoms with van der Waals surface area (Å²) in [7, 11) is 1.48. The Labute approximate surface area is 130 Å². The van der Waals surface area contributed by atoms with Crippen LogP contribution in [-0.4, -0.2) is 24.7 Å². The summed E-state index contributed by atoms with van der Waals surface area (Å²) in [5.41, 5.74) is 0.193. The van der Waals surface area contributed by atoms with Crippen molar-refractivity contribution >= 4 is 5.91 Å². The summed E-state index contributed by atoms with van der Waals surface area (Å²) in [6.07, 6.45) is 0. The zero-order valence-corrected chi connectivity index (χ0v) is 12.1. The van der Waals surface area contributed by atoms with Crippen LogP contribution in [0.2, 0.25) is 0 Å². The molecule has 0 aromatic heterocycles. The van der Waals surface area contributed by atoms with Gasteiger partial charge in [0.15, 0.2) is 17.5 Å². The fourth-order valence-electron chi connectivity index (χ4n) is 1.99. The monoisotopic (exact) mass is 325 g/mol. The third-order valence-corrected chi connectivity index (χ3v) is 3.25. The molecule has 0 radical (unpaired) electrons. The van der Waals surface area contributed by atoms with Gasteiger partial charge < -0.3 is 15.2 Å². The lowest BCUT2D eigenvalue weighted by Gasteiger charge is -2.17. The Balaban J connectivity index is 2.19. The highest BCUT2D eigenvalue weighted by atomic mass is 19.2. The first-order chi connectivity index (χ1) is 11.0. The van der Waals surface area contributed by atoms with Crippen LogP contribution in [0.4, 0.5) is 13.2 Å². The van der Waals surface area contributed by atoms with E-state index in [2.05, 4.69) is 5.32 Å². The number of carbonyl (C=O) groups is 1. The molecule has 1 unspecified atom stereocenters. The molecule has 122 valence electrons. The van der Waals surface area contributed by atoms with Crippen molar-refractivity contribution in [1.29, 1.82) is 0 Å². The van der Waals surface area contributed by atoms with Gasteiger partial charge in [0, 0.05) is 5.56 Å². The first-order valence-corrected chi connectivity index (χ1v) is 6.66. The van der Waals surface area contributed by atoms with Crippen molar-refractivity contribution in [2.24, 2.45) is 0 Å². The Morgan fingerprint density at radius 1 is 1.17 bits per heavy atom. The van der Waals surface area contributed by atoms with Crippen LogP contribution in [0.25, 0.3) is 0 Å². The van der Waals surface area contributed by atoms with Crippen molar-refractivity contribution in [2.75, 3.05) is 13.7 Å². The molecule has 0 fully saturated rings. The molecule has 0 spiro atoms. The first kappa shape index (κ1) is 16.8. The van der Waals surface area contributed by atoms with Gasteiger partial charge in [-0.1, -0.05) is 0 Å². The van der Waals surface area contributed by atoms with Gasteiger partial charge in [0.25, 0.3) is 5.91 Å². The number of nitrogens with one attached hydrogen (secondary N) is 1. The maximum Gasteiger partial charge on any atom is 0.251 e. The lowest BCUT2D eigenvalue weighted by Crippen LogP contribution is -2.31. The van der Waals surface area contributed by atoms with E-state index in [9.17, 15) is 23.1 Å². The second-order valence-corrected chi connectivity index (χ2v) is 4.74. The van der Waals surface area contributed by atoms with Gasteiger partial charge in [0.1, 0.15) is 5.75 Å². The Bertz CT molecular complexity index is 681. The van der Waals surface area contributed by atoms with E-state index in [1.54, 1.807) is 12.1 Å². The van der Waals surface area contributed by atoms with E-state index < -0.39 is 36.0 Å². The van der Waals surface area contributed by atoms with Crippen molar-refractivity contribution in [3.63, 3.8) is 0 Å². The lowest BCUT2D eigenvalue weighted by atomic mass is 10.1. The number of benzene rings is 2. The summed E-state index contributed by atoms with van der Waals surface area (Å²) in [6.45, 7) is -0.605. The fourth-order valence-corrected chi connectivity index (χ4v) is 1.99. The molecule has 0 aliphatic rings. The number of aliphatic hydroxyl groups excluding tert-OH is 1. The Morgan fingerprint density at radius 2 is 1.74 bits per heavy atom. The van der Waals surface area contributed by atoms with E-state index in [-0.39, 0.29) is 11.1 Å². The lowest BCUT2D eigenvalue weighted by molar-refractivity contribution is 0.0916. The number of rotatable bonds is 5. The number of carbonyl (C=O) groups excluding carboxylic acids is 1. The number of amides is 1. The maximum absolute atomic E-state index is 13.3. The molecular weight excluding hydrogens is 311 g/mol. The Hall–Kier alpha value is -2.54. The topological polar surface area (TPSA) is 58.6 Å². The van der Waals surface area contributed by atoms with Crippen LogP contribution in [0.5, 0.6) is 5.75 Å². The zero-order chi connectivity index (χ0) is 17.0. The third kappa shape index (κ3) is 3.81. The van der Waals surface area contributed by atoms with Crippen molar-refractivity contribution in [2.45, 2.75) is 6.04 Å². The Morgan fingerprint density at radius 3 is 2.22 bits per heavy atom. The standard InChI is InChI=1S/C16H14F3NO3/c1-23-11-4-2-9(3-5-11)16(22)20-14(8-21)10-6-12(17)15(19)13(18)7-10/h2-7,14,21H,8H2,1H3,(H,20,22). The van der Waals surface area contributed by atoms with Crippen molar-refractivity contribution in [1.82, 2.24) is 5.32 Å². The molecule has 0 aliphatic heterocycles. The molecule has 2 aromatic rings. The van der Waals surface area contributed by atoms with Gasteiger partial charge in [0.2, 0.25) is 0 Å². The smallest absolute Gasteiger partial charge is 0.251 e. The molecule has 1 amide bonds. The predicted octanol–water partition coefficient (Wildman–Crippen LogP) is 2.58. The Kier molecular flexibility index (Phi) is 5.23. The van der Waals surface area contributed by atoms with Gasteiger partial charge in [0.05, 0.1) is 19.8 Å². The highest BCUT2D eigenvalue weighted by molar-refractivity contribution is 5.94. The van der Waals surface area contributed by atoms with Gasteiger partial charge in [-0.25, -0.2) is 13.2 Å². The predicted molar refractivity (Wildman–Crippen MR) is 76.6 cm³/mol. The van der Waals surface area contributed by atoms with Gasteiger partial charge in [-0.15, -0.1) is 0 Å². The summed E-state index contributed by atoms with van der Waals surface area (Å²) in [5.74, 6) is -4.39. The van der Waals surface area contributed by atoms with Gasteiger partial charge in [-0.05, 0) is 42.0 Å². The summed E-state index contributed by atoms with van der Waals surface area (Å²) in [5, 5.41) is 11.8. The quantitative estimate of drug-likeness (QED) is 0.831. The van der Waals surface area contributed by atoms with Crippen LogP contribution in [0.15, 0.2) is 36.4 Å². The summed E-state index contributed by atoms with van der Waals surface area (Å²) >= 11 is 0. The maximum atomic E-state index is 13.3. The van der Waals surface area contributed by atoms with Gasteiger partial charge in [-0.3, -0.25) is 4.79 Å². The number of hydrogen-bond acceptors (Lipinski definition) is 3. The SMILES string of the molecule is COc1ccc(C(=O)NC(CO)c2cc(F)c(F)c(F)c2)cc1. The molecule has 1 atom stereocenters. The molecule has 2 rings (SSSR count). The molecule has 2 N–H and O–H groups in total. The highest BCUT2D eigenvalue weighted by Crippen LogP contribution is 2.20. The third-order valence-electron chi connectivity index (χ3n) is 3.25. The fraction of sp³-hybridized carbons (Fsp3) is 0.188.